The Bertz CT molecular complexity index is 511. The zero-order chi connectivity index (χ0) is 14.8. The molecule has 20 heavy (non-hydrogen) atoms. The molecule has 9 heteroatoms. The summed E-state index contributed by atoms with van der Waals surface area (Å²) in [4.78, 5) is 6.31. The van der Waals surface area contributed by atoms with E-state index >= 15 is 0 Å². The van der Waals surface area contributed by atoms with Gasteiger partial charge in [-0.25, -0.2) is 0 Å². The Kier molecular flexibility index (Phi) is 4.51. The van der Waals surface area contributed by atoms with Gasteiger partial charge >= 0.3 is 10.4 Å². The molecule has 0 aromatic heterocycles. The van der Waals surface area contributed by atoms with Gasteiger partial charge in [-0.05, 0) is 31.8 Å². The molecule has 3 N–H and O–H groups in total. The summed E-state index contributed by atoms with van der Waals surface area (Å²) in [7, 11) is -4.62. The highest BCUT2D eigenvalue weighted by molar-refractivity contribution is 7.80. The van der Waals surface area contributed by atoms with Crippen LogP contribution in [0.4, 0.5) is 0 Å². The van der Waals surface area contributed by atoms with Crippen LogP contribution in [-0.2, 0) is 14.7 Å². The summed E-state index contributed by atoms with van der Waals surface area (Å²) in [5, 5.41) is 0.919. The Morgan fingerprint density at radius 1 is 1.45 bits per heavy atom. The lowest BCUT2D eigenvalue weighted by Crippen LogP contribution is -2.48. The predicted molar refractivity (Wildman–Crippen MR) is 73.7 cm³/mol. The number of guanidine groups is 1. The topological polar surface area (TPSA) is 108 Å². The molecule has 0 saturated carbocycles. The lowest BCUT2D eigenvalue weighted by atomic mass is 10.1. The Labute approximate surface area is 118 Å². The van der Waals surface area contributed by atoms with E-state index in [2.05, 4.69) is 14.2 Å². The second-order valence-electron chi connectivity index (χ2n) is 4.85. The average molecular weight is 304 g/mol. The highest BCUT2D eigenvalue weighted by Gasteiger charge is 2.29. The third-order valence-electron chi connectivity index (χ3n) is 3.37. The van der Waals surface area contributed by atoms with Gasteiger partial charge in [0, 0.05) is 13.1 Å². The minimum atomic E-state index is -4.62. The minimum absolute atomic E-state index is 0.0717. The fourth-order valence-electron chi connectivity index (χ4n) is 2.39. The molecule has 1 saturated heterocycles. The first-order valence-corrected chi connectivity index (χ1v) is 8.04. The summed E-state index contributed by atoms with van der Waals surface area (Å²) in [5.41, 5.74) is 5.76. The number of hydrogen-bond donors (Lipinski definition) is 2. The van der Waals surface area contributed by atoms with Crippen LogP contribution in [0.25, 0.3) is 0 Å². The van der Waals surface area contributed by atoms with E-state index in [4.69, 9.17) is 10.3 Å². The quantitative estimate of drug-likeness (QED) is 0.726. The summed E-state index contributed by atoms with van der Waals surface area (Å²) in [6.45, 7) is 3.70. The minimum Gasteiger partial charge on any atom is -0.368 e. The number of likely N-dealkylation sites (tertiary alicyclic amines) is 1. The highest BCUT2D eigenvalue weighted by Crippen LogP contribution is 2.22. The summed E-state index contributed by atoms with van der Waals surface area (Å²) in [6.07, 6.45) is 5.80. The molecule has 2 heterocycles. The normalized spacial score (nSPS) is 24.4. The third-order valence-corrected chi connectivity index (χ3v) is 3.72. The largest absolute Gasteiger partial charge is 0.418 e. The van der Waals surface area contributed by atoms with E-state index < -0.39 is 10.4 Å². The zero-order valence-electron chi connectivity index (χ0n) is 11.4. The number of nitrogens with zero attached hydrogens (tertiary/aromatic N) is 3. The van der Waals surface area contributed by atoms with E-state index in [1.807, 2.05) is 13.0 Å². The lowest BCUT2D eigenvalue weighted by molar-refractivity contribution is -0.0162. The predicted octanol–water partition coefficient (Wildman–Crippen LogP) is 0.457. The molecule has 114 valence electrons. The van der Waals surface area contributed by atoms with Crippen LogP contribution >= 0.6 is 0 Å². The van der Waals surface area contributed by atoms with E-state index in [0.29, 0.717) is 6.42 Å². The number of hydroxylamine groups is 2. The Morgan fingerprint density at radius 3 is 2.65 bits per heavy atom. The van der Waals surface area contributed by atoms with Crippen LogP contribution in [0.15, 0.2) is 16.9 Å². The molecule has 0 aliphatic carbocycles. The van der Waals surface area contributed by atoms with Gasteiger partial charge in [-0.1, -0.05) is 6.92 Å². The molecule has 0 radical (unpaired) electrons. The van der Waals surface area contributed by atoms with Crippen LogP contribution in [0.5, 0.6) is 0 Å². The van der Waals surface area contributed by atoms with Crippen molar-refractivity contribution in [3.8, 4) is 0 Å². The van der Waals surface area contributed by atoms with Crippen molar-refractivity contribution in [2.45, 2.75) is 38.6 Å². The van der Waals surface area contributed by atoms with Crippen molar-refractivity contribution in [2.75, 3.05) is 13.1 Å². The molecule has 2 aliphatic rings. The molecule has 1 unspecified atom stereocenters. The number of aliphatic imine (C=N–C) groups is 1. The first-order valence-electron chi connectivity index (χ1n) is 6.68. The summed E-state index contributed by atoms with van der Waals surface area (Å²) >= 11 is 0. The van der Waals surface area contributed by atoms with E-state index in [-0.39, 0.29) is 12.0 Å². The van der Waals surface area contributed by atoms with E-state index in [1.165, 1.54) is 6.42 Å². The van der Waals surface area contributed by atoms with Gasteiger partial charge in [0.2, 0.25) is 5.96 Å². The van der Waals surface area contributed by atoms with Gasteiger partial charge in [-0.15, -0.1) is 4.28 Å². The van der Waals surface area contributed by atoms with Crippen molar-refractivity contribution < 1.29 is 17.3 Å². The number of rotatable bonds is 4. The van der Waals surface area contributed by atoms with Crippen LogP contribution in [0.2, 0.25) is 0 Å². The van der Waals surface area contributed by atoms with Crippen molar-refractivity contribution in [1.82, 2.24) is 9.96 Å². The molecule has 0 aromatic carbocycles. The van der Waals surface area contributed by atoms with Crippen molar-refractivity contribution >= 4 is 16.4 Å². The van der Waals surface area contributed by atoms with Crippen LogP contribution < -0.4 is 5.73 Å². The monoisotopic (exact) mass is 304 g/mol. The van der Waals surface area contributed by atoms with Gasteiger partial charge in [-0.3, -0.25) is 4.55 Å². The Morgan fingerprint density at radius 2 is 2.10 bits per heavy atom. The summed E-state index contributed by atoms with van der Waals surface area (Å²) in [5.74, 6) is 0.668. The standard InChI is InChI=1S/C11H20N4O4S/c1-2-9-8-10(14-6-4-3-5-7-14)13-11(12)15(9)19-20(16,17)18/h8-9H,2-7H2,1H3,(H2,12,13)(H,16,17,18). The Balaban J connectivity index is 2.18. The maximum Gasteiger partial charge on any atom is 0.418 e. The Hall–Kier alpha value is -1.32. The molecule has 0 bridgehead atoms. The smallest absolute Gasteiger partial charge is 0.368 e. The molecular formula is C11H20N4O4S. The van der Waals surface area contributed by atoms with Gasteiger partial charge in [0.15, 0.2) is 0 Å². The fraction of sp³-hybridized carbons (Fsp3) is 0.727. The van der Waals surface area contributed by atoms with Gasteiger partial charge < -0.3 is 10.6 Å². The van der Waals surface area contributed by atoms with Gasteiger partial charge in [0.05, 0.1) is 6.04 Å². The fourth-order valence-corrected chi connectivity index (χ4v) is 2.78. The SMILES string of the molecule is CCC1C=C(N2CCCCC2)N=C(N)N1OS(=O)(=O)O. The molecule has 0 aromatic rings. The van der Waals surface area contributed by atoms with Crippen LogP contribution in [0, 0.1) is 0 Å². The number of piperidine rings is 1. The van der Waals surface area contributed by atoms with Crippen molar-refractivity contribution in [3.05, 3.63) is 11.9 Å². The van der Waals surface area contributed by atoms with Crippen molar-refractivity contribution in [2.24, 2.45) is 10.7 Å². The number of hydrogen-bond acceptors (Lipinski definition) is 7. The first-order chi connectivity index (χ1) is 9.40. The average Bonchev–Trinajstić information content (AvgIpc) is 2.40. The van der Waals surface area contributed by atoms with Crippen molar-refractivity contribution in [1.29, 1.82) is 0 Å². The molecule has 1 fully saturated rings. The lowest BCUT2D eigenvalue weighted by Gasteiger charge is -2.35. The number of nitrogens with two attached hydrogens (primary N) is 1. The maximum absolute atomic E-state index is 10.8. The van der Waals surface area contributed by atoms with E-state index in [9.17, 15) is 8.42 Å². The maximum atomic E-state index is 10.8. The van der Waals surface area contributed by atoms with E-state index in [1.54, 1.807) is 0 Å². The second-order valence-corrected chi connectivity index (χ2v) is 5.85. The zero-order valence-corrected chi connectivity index (χ0v) is 12.2. The molecule has 2 aliphatic heterocycles. The molecule has 0 amide bonds. The first kappa shape index (κ1) is 15.1. The van der Waals surface area contributed by atoms with Crippen LogP contribution in [-0.4, -0.2) is 48.0 Å². The summed E-state index contributed by atoms with van der Waals surface area (Å²) < 4.78 is 34.9. The van der Waals surface area contributed by atoms with Gasteiger partial charge in [-0.2, -0.15) is 18.5 Å². The van der Waals surface area contributed by atoms with Gasteiger partial charge in [0.25, 0.3) is 0 Å². The summed E-state index contributed by atoms with van der Waals surface area (Å²) in [6, 6.07) is -0.383. The molecule has 1 atom stereocenters. The third kappa shape index (κ3) is 3.62. The van der Waals surface area contributed by atoms with E-state index in [0.717, 1.165) is 36.8 Å². The highest BCUT2D eigenvalue weighted by atomic mass is 32.3. The molecule has 2 rings (SSSR count). The van der Waals surface area contributed by atoms with Crippen molar-refractivity contribution in [3.63, 3.8) is 0 Å². The molecular weight excluding hydrogens is 284 g/mol. The molecule has 8 nitrogen and oxygen atoms in total. The second kappa shape index (κ2) is 5.98. The molecule has 0 spiro atoms. The van der Waals surface area contributed by atoms with Gasteiger partial charge in [0.1, 0.15) is 5.82 Å². The van der Waals surface area contributed by atoms with Crippen LogP contribution in [0.3, 0.4) is 0 Å². The van der Waals surface area contributed by atoms with Crippen LogP contribution in [0.1, 0.15) is 32.6 Å².